The molecule has 0 atom stereocenters. The lowest BCUT2D eigenvalue weighted by molar-refractivity contribution is -0.111. The normalized spacial score (nSPS) is 11.5. The number of anilines is 1. The van der Waals surface area contributed by atoms with Gasteiger partial charge in [-0.1, -0.05) is 87.5 Å². The van der Waals surface area contributed by atoms with E-state index in [-0.39, 0.29) is 11.3 Å². The van der Waals surface area contributed by atoms with Crippen molar-refractivity contribution in [1.29, 1.82) is 0 Å². The molecule has 3 aromatic rings. The van der Waals surface area contributed by atoms with Gasteiger partial charge in [0, 0.05) is 11.8 Å². The maximum absolute atomic E-state index is 12.2. The van der Waals surface area contributed by atoms with E-state index in [0.717, 1.165) is 16.8 Å². The topological polar surface area (TPSA) is 29.1 Å². The number of hydrogen-bond donors (Lipinski definition) is 1. The molecular formula is C25H25NO. The Morgan fingerprint density at radius 1 is 0.778 bits per heavy atom. The highest BCUT2D eigenvalue weighted by Crippen LogP contribution is 2.23. The monoisotopic (exact) mass is 355 g/mol. The lowest BCUT2D eigenvalue weighted by atomic mass is 9.87. The van der Waals surface area contributed by atoms with Crippen LogP contribution in [0.4, 0.5) is 5.69 Å². The molecular weight excluding hydrogens is 330 g/mol. The predicted octanol–water partition coefficient (Wildman–Crippen LogP) is 6.30. The van der Waals surface area contributed by atoms with Gasteiger partial charge in [-0.2, -0.15) is 0 Å². The highest BCUT2D eigenvalue weighted by Gasteiger charge is 2.12. The molecule has 0 aromatic heterocycles. The van der Waals surface area contributed by atoms with Crippen LogP contribution in [-0.4, -0.2) is 5.91 Å². The van der Waals surface area contributed by atoms with E-state index >= 15 is 0 Å². The van der Waals surface area contributed by atoms with Gasteiger partial charge in [0.25, 0.3) is 0 Å². The van der Waals surface area contributed by atoms with Crippen molar-refractivity contribution < 1.29 is 4.79 Å². The van der Waals surface area contributed by atoms with Crippen molar-refractivity contribution in [3.8, 4) is 11.1 Å². The van der Waals surface area contributed by atoms with Crippen LogP contribution in [0, 0.1) is 0 Å². The van der Waals surface area contributed by atoms with Crippen LogP contribution < -0.4 is 5.32 Å². The molecule has 1 amide bonds. The first-order chi connectivity index (χ1) is 12.9. The second kappa shape index (κ2) is 8.05. The van der Waals surface area contributed by atoms with E-state index in [0.29, 0.717) is 0 Å². The molecule has 136 valence electrons. The quantitative estimate of drug-likeness (QED) is 0.546. The summed E-state index contributed by atoms with van der Waals surface area (Å²) < 4.78 is 0. The van der Waals surface area contributed by atoms with Crippen LogP contribution in [-0.2, 0) is 10.2 Å². The van der Waals surface area contributed by atoms with Gasteiger partial charge < -0.3 is 5.32 Å². The molecule has 0 spiro atoms. The standard InChI is InChI=1S/C25H25NO/c1-25(2,3)22-14-16-23(17-15-22)26-24(27)18-11-19-9-12-21(13-10-19)20-7-5-4-6-8-20/h4-18H,1-3H3,(H,26,27)/b18-11+. The summed E-state index contributed by atoms with van der Waals surface area (Å²) in [5, 5.41) is 2.90. The van der Waals surface area contributed by atoms with E-state index < -0.39 is 0 Å². The molecule has 2 nitrogen and oxygen atoms in total. The third-order valence-corrected chi connectivity index (χ3v) is 4.46. The van der Waals surface area contributed by atoms with Crippen molar-refractivity contribution in [2.24, 2.45) is 0 Å². The van der Waals surface area contributed by atoms with Crippen LogP contribution in [0.25, 0.3) is 17.2 Å². The Hall–Kier alpha value is -3.13. The van der Waals surface area contributed by atoms with Crippen molar-refractivity contribution in [2.45, 2.75) is 26.2 Å². The molecule has 0 unspecified atom stereocenters. The third-order valence-electron chi connectivity index (χ3n) is 4.46. The number of carbonyl (C=O) groups excluding carboxylic acids is 1. The maximum atomic E-state index is 12.2. The summed E-state index contributed by atoms with van der Waals surface area (Å²) in [6.45, 7) is 6.52. The molecule has 0 aliphatic rings. The molecule has 0 radical (unpaired) electrons. The lowest BCUT2D eigenvalue weighted by Gasteiger charge is -2.19. The molecule has 0 aliphatic carbocycles. The summed E-state index contributed by atoms with van der Waals surface area (Å²) in [5.41, 5.74) is 5.49. The molecule has 0 saturated heterocycles. The Morgan fingerprint density at radius 3 is 1.96 bits per heavy atom. The Kier molecular flexibility index (Phi) is 5.56. The number of carbonyl (C=O) groups is 1. The SMILES string of the molecule is CC(C)(C)c1ccc(NC(=O)/C=C/c2ccc(-c3ccccc3)cc2)cc1. The van der Waals surface area contributed by atoms with Crippen LogP contribution in [0.1, 0.15) is 31.9 Å². The van der Waals surface area contributed by atoms with Crippen LogP contribution in [0.2, 0.25) is 0 Å². The summed E-state index contributed by atoms with van der Waals surface area (Å²) in [5.74, 6) is -0.134. The number of nitrogens with one attached hydrogen (secondary N) is 1. The molecule has 3 aromatic carbocycles. The minimum atomic E-state index is -0.134. The Balaban J connectivity index is 1.61. The number of rotatable bonds is 4. The minimum absolute atomic E-state index is 0.106. The molecule has 3 rings (SSSR count). The van der Waals surface area contributed by atoms with Crippen molar-refractivity contribution in [3.63, 3.8) is 0 Å². The zero-order chi connectivity index (χ0) is 19.3. The average Bonchev–Trinajstić information content (AvgIpc) is 2.67. The fourth-order valence-electron chi connectivity index (χ4n) is 2.83. The van der Waals surface area contributed by atoms with Crippen LogP contribution in [0.5, 0.6) is 0 Å². The minimum Gasteiger partial charge on any atom is -0.323 e. The van der Waals surface area contributed by atoms with Gasteiger partial charge in [-0.05, 0) is 45.9 Å². The fraction of sp³-hybridized carbons (Fsp3) is 0.160. The third kappa shape index (κ3) is 5.18. The van der Waals surface area contributed by atoms with Gasteiger partial charge in [0.15, 0.2) is 0 Å². The molecule has 0 aliphatic heterocycles. The van der Waals surface area contributed by atoms with E-state index in [9.17, 15) is 4.79 Å². The predicted molar refractivity (Wildman–Crippen MR) is 115 cm³/mol. The number of benzene rings is 3. The molecule has 0 bridgehead atoms. The van der Waals surface area contributed by atoms with Crippen molar-refractivity contribution in [1.82, 2.24) is 0 Å². The van der Waals surface area contributed by atoms with Gasteiger partial charge in [-0.15, -0.1) is 0 Å². The van der Waals surface area contributed by atoms with E-state index in [2.05, 4.69) is 62.5 Å². The molecule has 0 saturated carbocycles. The second-order valence-electron chi connectivity index (χ2n) is 7.64. The Morgan fingerprint density at radius 2 is 1.37 bits per heavy atom. The molecule has 1 N–H and O–H groups in total. The Bertz CT molecular complexity index is 915. The molecule has 2 heteroatoms. The van der Waals surface area contributed by atoms with E-state index in [1.54, 1.807) is 6.08 Å². The van der Waals surface area contributed by atoms with Gasteiger partial charge in [0.2, 0.25) is 5.91 Å². The summed E-state index contributed by atoms with van der Waals surface area (Å²) in [4.78, 5) is 12.2. The van der Waals surface area contributed by atoms with Gasteiger partial charge in [-0.25, -0.2) is 0 Å². The van der Waals surface area contributed by atoms with Gasteiger partial charge >= 0.3 is 0 Å². The van der Waals surface area contributed by atoms with Gasteiger partial charge in [0.05, 0.1) is 0 Å². The molecule has 27 heavy (non-hydrogen) atoms. The van der Waals surface area contributed by atoms with Crippen LogP contribution in [0.3, 0.4) is 0 Å². The first-order valence-electron chi connectivity index (χ1n) is 9.17. The Labute approximate surface area is 161 Å². The smallest absolute Gasteiger partial charge is 0.248 e. The summed E-state index contributed by atoms with van der Waals surface area (Å²) in [7, 11) is 0. The van der Waals surface area contributed by atoms with Crippen molar-refractivity contribution in [3.05, 3.63) is 96.1 Å². The molecule has 0 fully saturated rings. The van der Waals surface area contributed by atoms with Gasteiger partial charge in [0.1, 0.15) is 0 Å². The first kappa shape index (κ1) is 18.7. The van der Waals surface area contributed by atoms with E-state index in [1.165, 1.54) is 11.1 Å². The lowest BCUT2D eigenvalue weighted by Crippen LogP contribution is -2.12. The van der Waals surface area contributed by atoms with E-state index in [1.807, 2.05) is 48.5 Å². The largest absolute Gasteiger partial charge is 0.323 e. The van der Waals surface area contributed by atoms with E-state index in [4.69, 9.17) is 0 Å². The fourth-order valence-corrected chi connectivity index (χ4v) is 2.83. The summed E-state index contributed by atoms with van der Waals surface area (Å²) in [6.07, 6.45) is 3.39. The van der Waals surface area contributed by atoms with Crippen molar-refractivity contribution >= 4 is 17.7 Å². The zero-order valence-electron chi connectivity index (χ0n) is 16.1. The van der Waals surface area contributed by atoms with Crippen LogP contribution in [0.15, 0.2) is 84.9 Å². The van der Waals surface area contributed by atoms with Crippen LogP contribution >= 0.6 is 0 Å². The number of amides is 1. The van der Waals surface area contributed by atoms with Crippen molar-refractivity contribution in [2.75, 3.05) is 5.32 Å². The average molecular weight is 355 g/mol. The maximum Gasteiger partial charge on any atom is 0.248 e. The zero-order valence-corrected chi connectivity index (χ0v) is 16.1. The first-order valence-corrected chi connectivity index (χ1v) is 9.17. The molecule has 0 heterocycles. The second-order valence-corrected chi connectivity index (χ2v) is 7.64. The summed E-state index contributed by atoms with van der Waals surface area (Å²) in [6, 6.07) is 26.4. The highest BCUT2D eigenvalue weighted by atomic mass is 16.1. The summed E-state index contributed by atoms with van der Waals surface area (Å²) >= 11 is 0. The number of hydrogen-bond acceptors (Lipinski definition) is 1. The van der Waals surface area contributed by atoms with Gasteiger partial charge in [-0.3, -0.25) is 4.79 Å². The highest BCUT2D eigenvalue weighted by molar-refractivity contribution is 6.01.